The van der Waals surface area contributed by atoms with Crippen molar-refractivity contribution in [2.24, 2.45) is 11.3 Å². The highest BCUT2D eigenvalue weighted by atomic mass is 32.1. The summed E-state index contributed by atoms with van der Waals surface area (Å²) in [6, 6.07) is 0. The van der Waals surface area contributed by atoms with Crippen molar-refractivity contribution in [3.63, 3.8) is 0 Å². The molecule has 1 rings (SSSR count). The fourth-order valence-electron chi connectivity index (χ4n) is 3.45. The van der Waals surface area contributed by atoms with Gasteiger partial charge in [-0.1, -0.05) is 26.7 Å². The molecule has 18 heavy (non-hydrogen) atoms. The standard InChI is InChI=1S/C15H31NOS/c1-4-7-15(13-18,8-5-2)12-16-9-6-14(10-16)11-17-3/h14,18H,4-13H2,1-3H3. The van der Waals surface area contributed by atoms with Gasteiger partial charge in [-0.2, -0.15) is 12.6 Å². The van der Waals surface area contributed by atoms with Crippen molar-refractivity contribution in [1.82, 2.24) is 4.90 Å². The Hall–Kier alpha value is 0.270. The van der Waals surface area contributed by atoms with Crippen LogP contribution in [0.3, 0.4) is 0 Å². The number of thiol groups is 1. The lowest BCUT2D eigenvalue weighted by molar-refractivity contribution is 0.136. The summed E-state index contributed by atoms with van der Waals surface area (Å²) in [4.78, 5) is 2.64. The van der Waals surface area contributed by atoms with E-state index in [4.69, 9.17) is 4.74 Å². The molecule has 0 aromatic heterocycles. The Bertz CT molecular complexity index is 217. The zero-order valence-electron chi connectivity index (χ0n) is 12.5. The zero-order chi connectivity index (χ0) is 13.4. The van der Waals surface area contributed by atoms with Crippen molar-refractivity contribution in [2.45, 2.75) is 46.0 Å². The summed E-state index contributed by atoms with van der Waals surface area (Å²) in [5.74, 6) is 1.77. The SMILES string of the molecule is CCCC(CS)(CCC)CN1CCC(COC)C1. The lowest BCUT2D eigenvalue weighted by atomic mass is 9.80. The van der Waals surface area contributed by atoms with Crippen molar-refractivity contribution in [3.8, 4) is 0 Å². The van der Waals surface area contributed by atoms with Gasteiger partial charge in [-0.25, -0.2) is 0 Å². The normalized spacial score (nSPS) is 21.7. The van der Waals surface area contributed by atoms with Gasteiger partial charge in [0, 0.05) is 20.2 Å². The van der Waals surface area contributed by atoms with E-state index >= 15 is 0 Å². The van der Waals surface area contributed by atoms with Crippen molar-refractivity contribution in [2.75, 3.05) is 39.1 Å². The zero-order valence-corrected chi connectivity index (χ0v) is 13.3. The lowest BCUT2D eigenvalue weighted by Crippen LogP contribution is -2.38. The molecule has 1 atom stereocenters. The summed E-state index contributed by atoms with van der Waals surface area (Å²) in [5.41, 5.74) is 0.439. The molecule has 1 fully saturated rings. The predicted molar refractivity (Wildman–Crippen MR) is 82.5 cm³/mol. The molecule has 0 saturated carbocycles. The molecule has 0 radical (unpaired) electrons. The summed E-state index contributed by atoms with van der Waals surface area (Å²) in [5, 5.41) is 0. The second kappa shape index (κ2) is 8.44. The van der Waals surface area contributed by atoms with Crippen LogP contribution in [0.1, 0.15) is 46.0 Å². The van der Waals surface area contributed by atoms with Crippen molar-refractivity contribution in [1.29, 1.82) is 0 Å². The van der Waals surface area contributed by atoms with E-state index in [1.807, 2.05) is 7.11 Å². The number of methoxy groups -OCH3 is 1. The Morgan fingerprint density at radius 2 is 1.94 bits per heavy atom. The Morgan fingerprint density at radius 1 is 1.28 bits per heavy atom. The monoisotopic (exact) mass is 273 g/mol. The number of likely N-dealkylation sites (tertiary alicyclic amines) is 1. The van der Waals surface area contributed by atoms with Crippen LogP contribution in [-0.2, 0) is 4.74 Å². The maximum absolute atomic E-state index is 5.28. The first kappa shape index (κ1) is 16.3. The number of nitrogens with zero attached hydrogens (tertiary/aromatic N) is 1. The molecule has 0 bridgehead atoms. The molecule has 0 aromatic carbocycles. The Balaban J connectivity index is 2.50. The smallest absolute Gasteiger partial charge is 0.0503 e. The first-order valence-electron chi connectivity index (χ1n) is 7.52. The number of ether oxygens (including phenoxy) is 1. The second-order valence-electron chi connectivity index (χ2n) is 6.00. The van der Waals surface area contributed by atoms with Crippen LogP contribution >= 0.6 is 12.6 Å². The van der Waals surface area contributed by atoms with Gasteiger partial charge in [0.2, 0.25) is 0 Å². The van der Waals surface area contributed by atoms with Gasteiger partial charge in [-0.3, -0.25) is 0 Å². The second-order valence-corrected chi connectivity index (χ2v) is 6.32. The molecule has 0 N–H and O–H groups in total. The molecule has 1 heterocycles. The summed E-state index contributed by atoms with van der Waals surface area (Å²) in [6.07, 6.45) is 6.48. The first-order chi connectivity index (χ1) is 8.69. The molecule has 3 heteroatoms. The molecule has 0 amide bonds. The minimum Gasteiger partial charge on any atom is -0.384 e. The quantitative estimate of drug-likeness (QED) is 0.646. The fraction of sp³-hybridized carbons (Fsp3) is 1.00. The van der Waals surface area contributed by atoms with Gasteiger partial charge >= 0.3 is 0 Å². The molecule has 0 spiro atoms. The highest BCUT2D eigenvalue weighted by Gasteiger charge is 2.32. The van der Waals surface area contributed by atoms with Crippen LogP contribution in [0.5, 0.6) is 0 Å². The van der Waals surface area contributed by atoms with Gasteiger partial charge in [0.05, 0.1) is 6.61 Å². The molecule has 0 aliphatic carbocycles. The van der Waals surface area contributed by atoms with Crippen LogP contribution in [0.25, 0.3) is 0 Å². The third-order valence-corrected chi connectivity index (χ3v) is 4.90. The highest BCUT2D eigenvalue weighted by Crippen LogP contribution is 2.34. The summed E-state index contributed by atoms with van der Waals surface area (Å²) >= 11 is 4.65. The highest BCUT2D eigenvalue weighted by molar-refractivity contribution is 7.80. The van der Waals surface area contributed by atoms with Gasteiger partial charge in [-0.05, 0) is 42.9 Å². The number of rotatable bonds is 9. The molecular weight excluding hydrogens is 242 g/mol. The molecule has 2 nitrogen and oxygen atoms in total. The van der Waals surface area contributed by atoms with Gasteiger partial charge in [0.15, 0.2) is 0 Å². The first-order valence-corrected chi connectivity index (χ1v) is 8.15. The number of hydrogen-bond acceptors (Lipinski definition) is 3. The summed E-state index contributed by atoms with van der Waals surface area (Å²) in [7, 11) is 1.81. The van der Waals surface area contributed by atoms with E-state index in [0.29, 0.717) is 5.41 Å². The van der Waals surface area contributed by atoms with E-state index < -0.39 is 0 Å². The molecule has 108 valence electrons. The average molecular weight is 273 g/mol. The third-order valence-electron chi connectivity index (χ3n) is 4.23. The van der Waals surface area contributed by atoms with Gasteiger partial charge in [0.25, 0.3) is 0 Å². The van der Waals surface area contributed by atoms with Crippen molar-refractivity contribution < 1.29 is 4.74 Å². The van der Waals surface area contributed by atoms with Crippen LogP contribution in [0, 0.1) is 11.3 Å². The van der Waals surface area contributed by atoms with Crippen molar-refractivity contribution >= 4 is 12.6 Å². The van der Waals surface area contributed by atoms with E-state index in [1.165, 1.54) is 51.7 Å². The van der Waals surface area contributed by atoms with E-state index in [0.717, 1.165) is 18.3 Å². The number of hydrogen-bond donors (Lipinski definition) is 1. The van der Waals surface area contributed by atoms with Crippen LogP contribution in [-0.4, -0.2) is 44.0 Å². The van der Waals surface area contributed by atoms with Crippen molar-refractivity contribution in [3.05, 3.63) is 0 Å². The summed E-state index contributed by atoms with van der Waals surface area (Å²) in [6.45, 7) is 9.22. The molecule has 1 saturated heterocycles. The predicted octanol–water partition coefficient (Wildman–Crippen LogP) is 3.47. The van der Waals surface area contributed by atoms with Gasteiger partial charge in [-0.15, -0.1) is 0 Å². The van der Waals surface area contributed by atoms with E-state index in [9.17, 15) is 0 Å². The Morgan fingerprint density at radius 3 is 2.44 bits per heavy atom. The largest absolute Gasteiger partial charge is 0.384 e. The molecule has 1 unspecified atom stereocenters. The van der Waals surface area contributed by atoms with Crippen LogP contribution in [0.2, 0.25) is 0 Å². The maximum atomic E-state index is 5.28. The Kier molecular flexibility index (Phi) is 7.66. The minimum absolute atomic E-state index is 0.439. The average Bonchev–Trinajstić information content (AvgIpc) is 2.77. The lowest BCUT2D eigenvalue weighted by Gasteiger charge is -2.36. The van der Waals surface area contributed by atoms with E-state index in [1.54, 1.807) is 0 Å². The summed E-state index contributed by atoms with van der Waals surface area (Å²) < 4.78 is 5.28. The molecule has 0 aromatic rings. The maximum Gasteiger partial charge on any atom is 0.0503 e. The van der Waals surface area contributed by atoms with Crippen LogP contribution in [0.15, 0.2) is 0 Å². The Labute approximate surface area is 119 Å². The molecular formula is C15H31NOS. The topological polar surface area (TPSA) is 12.5 Å². The van der Waals surface area contributed by atoms with Crippen LogP contribution < -0.4 is 0 Å². The molecule has 1 aliphatic heterocycles. The fourth-order valence-corrected chi connectivity index (χ4v) is 3.87. The van der Waals surface area contributed by atoms with Gasteiger partial charge < -0.3 is 9.64 Å². The minimum atomic E-state index is 0.439. The third kappa shape index (κ3) is 4.75. The van der Waals surface area contributed by atoms with Crippen LogP contribution in [0.4, 0.5) is 0 Å². The van der Waals surface area contributed by atoms with E-state index in [-0.39, 0.29) is 0 Å². The van der Waals surface area contributed by atoms with Gasteiger partial charge in [0.1, 0.15) is 0 Å². The molecule has 1 aliphatic rings. The van der Waals surface area contributed by atoms with E-state index in [2.05, 4.69) is 31.4 Å².